The van der Waals surface area contributed by atoms with Crippen molar-refractivity contribution in [2.24, 2.45) is 0 Å². The van der Waals surface area contributed by atoms with Gasteiger partial charge in [0.25, 0.3) is 0 Å². The molecule has 1 amide bonds. The fraction of sp³-hybridized carbons (Fsp3) is 0.316. The topological polar surface area (TPSA) is 47.6 Å². The first-order chi connectivity index (χ1) is 11.6. The van der Waals surface area contributed by atoms with Crippen LogP contribution in [0.5, 0.6) is 11.5 Å². The molecule has 24 heavy (non-hydrogen) atoms. The first-order valence-corrected chi connectivity index (χ1v) is 8.31. The molecule has 0 bridgehead atoms. The maximum atomic E-state index is 12.1. The summed E-state index contributed by atoms with van der Waals surface area (Å²) in [5, 5.41) is 3.50. The minimum absolute atomic E-state index is 0.0756. The lowest BCUT2D eigenvalue weighted by molar-refractivity contribution is -0.120. The molecule has 0 heterocycles. The molecule has 0 radical (unpaired) electrons. The standard InChI is InChI=1S/C19H22ClNO3/c1-3-10-24-17-9-8-14(11-18(17)23-2)13-21-19(22)12-15-6-4-5-7-16(15)20/h4-9,11H,3,10,12-13H2,1-2H3,(H,21,22). The molecule has 0 aromatic heterocycles. The van der Waals surface area contributed by atoms with Gasteiger partial charge in [-0.3, -0.25) is 4.79 Å². The summed E-state index contributed by atoms with van der Waals surface area (Å²) >= 11 is 6.07. The Morgan fingerprint density at radius 1 is 1.17 bits per heavy atom. The number of hydrogen-bond acceptors (Lipinski definition) is 3. The molecule has 4 nitrogen and oxygen atoms in total. The number of methoxy groups -OCH3 is 1. The number of amides is 1. The molecule has 0 aliphatic carbocycles. The fourth-order valence-corrected chi connectivity index (χ4v) is 2.43. The zero-order chi connectivity index (χ0) is 17.4. The quantitative estimate of drug-likeness (QED) is 0.785. The number of carbonyl (C=O) groups is 1. The number of hydrogen-bond donors (Lipinski definition) is 1. The van der Waals surface area contributed by atoms with E-state index in [2.05, 4.69) is 12.2 Å². The lowest BCUT2D eigenvalue weighted by atomic mass is 10.1. The van der Waals surface area contributed by atoms with Crippen LogP contribution >= 0.6 is 11.6 Å². The summed E-state index contributed by atoms with van der Waals surface area (Å²) in [5.41, 5.74) is 1.76. The Bertz CT molecular complexity index is 688. The van der Waals surface area contributed by atoms with Crippen molar-refractivity contribution in [3.8, 4) is 11.5 Å². The van der Waals surface area contributed by atoms with E-state index in [9.17, 15) is 4.79 Å². The van der Waals surface area contributed by atoms with Crippen LogP contribution in [0.4, 0.5) is 0 Å². The van der Waals surface area contributed by atoms with Crippen molar-refractivity contribution in [3.63, 3.8) is 0 Å². The Balaban J connectivity index is 1.93. The Morgan fingerprint density at radius 3 is 2.67 bits per heavy atom. The van der Waals surface area contributed by atoms with Crippen LogP contribution in [0.3, 0.4) is 0 Å². The third kappa shape index (κ3) is 5.17. The smallest absolute Gasteiger partial charge is 0.224 e. The Hall–Kier alpha value is -2.20. The molecular weight excluding hydrogens is 326 g/mol. The second kappa shape index (κ2) is 9.18. The molecule has 1 N–H and O–H groups in total. The molecule has 0 atom stereocenters. The maximum Gasteiger partial charge on any atom is 0.224 e. The van der Waals surface area contributed by atoms with Crippen LogP contribution in [-0.4, -0.2) is 19.6 Å². The molecule has 0 saturated carbocycles. The van der Waals surface area contributed by atoms with Crippen molar-refractivity contribution in [1.82, 2.24) is 5.32 Å². The van der Waals surface area contributed by atoms with Crippen LogP contribution in [0.25, 0.3) is 0 Å². The summed E-state index contributed by atoms with van der Waals surface area (Å²) in [7, 11) is 1.61. The summed E-state index contributed by atoms with van der Waals surface area (Å²) in [5.74, 6) is 1.31. The van der Waals surface area contributed by atoms with Gasteiger partial charge in [0, 0.05) is 11.6 Å². The Labute approximate surface area is 147 Å². The zero-order valence-corrected chi connectivity index (χ0v) is 14.7. The van der Waals surface area contributed by atoms with E-state index in [1.807, 2.05) is 36.4 Å². The molecule has 0 aliphatic rings. The SMILES string of the molecule is CCCOc1ccc(CNC(=O)Cc2ccccc2Cl)cc1OC. The van der Waals surface area contributed by atoms with Crippen molar-refractivity contribution in [2.45, 2.75) is 26.3 Å². The van der Waals surface area contributed by atoms with E-state index in [1.54, 1.807) is 13.2 Å². The van der Waals surface area contributed by atoms with Gasteiger partial charge in [-0.05, 0) is 35.7 Å². The predicted molar refractivity (Wildman–Crippen MR) is 95.8 cm³/mol. The van der Waals surface area contributed by atoms with Gasteiger partial charge in [0.15, 0.2) is 11.5 Å². The molecule has 0 unspecified atom stereocenters. The summed E-state index contributed by atoms with van der Waals surface area (Å²) in [6, 6.07) is 13.0. The van der Waals surface area contributed by atoms with E-state index in [1.165, 1.54) is 0 Å². The van der Waals surface area contributed by atoms with Gasteiger partial charge in [0.2, 0.25) is 5.91 Å². The van der Waals surface area contributed by atoms with Gasteiger partial charge in [-0.2, -0.15) is 0 Å². The van der Waals surface area contributed by atoms with Crippen molar-refractivity contribution < 1.29 is 14.3 Å². The molecule has 0 spiro atoms. The van der Waals surface area contributed by atoms with E-state index >= 15 is 0 Å². The highest BCUT2D eigenvalue weighted by Crippen LogP contribution is 2.28. The van der Waals surface area contributed by atoms with E-state index in [0.717, 1.165) is 17.5 Å². The second-order valence-corrected chi connectivity index (χ2v) is 5.79. The Kier molecular flexibility index (Phi) is 6.94. The minimum atomic E-state index is -0.0756. The third-order valence-corrected chi connectivity index (χ3v) is 3.86. The normalized spacial score (nSPS) is 10.3. The highest BCUT2D eigenvalue weighted by atomic mass is 35.5. The molecule has 0 fully saturated rings. The van der Waals surface area contributed by atoms with Crippen molar-refractivity contribution in [2.75, 3.05) is 13.7 Å². The van der Waals surface area contributed by atoms with Crippen LogP contribution < -0.4 is 14.8 Å². The van der Waals surface area contributed by atoms with Gasteiger partial charge in [-0.15, -0.1) is 0 Å². The van der Waals surface area contributed by atoms with E-state index < -0.39 is 0 Å². The minimum Gasteiger partial charge on any atom is -0.493 e. The van der Waals surface area contributed by atoms with Gasteiger partial charge in [-0.25, -0.2) is 0 Å². The van der Waals surface area contributed by atoms with Crippen molar-refractivity contribution in [3.05, 3.63) is 58.6 Å². The number of rotatable bonds is 8. The lowest BCUT2D eigenvalue weighted by Crippen LogP contribution is -2.24. The van der Waals surface area contributed by atoms with Gasteiger partial charge < -0.3 is 14.8 Å². The molecule has 2 rings (SSSR count). The number of benzene rings is 2. The zero-order valence-electron chi connectivity index (χ0n) is 14.0. The summed E-state index contributed by atoms with van der Waals surface area (Å²) in [6.07, 6.45) is 1.19. The Morgan fingerprint density at radius 2 is 1.96 bits per heavy atom. The summed E-state index contributed by atoms with van der Waals surface area (Å²) in [6.45, 7) is 3.12. The van der Waals surface area contributed by atoms with Crippen molar-refractivity contribution in [1.29, 1.82) is 0 Å². The summed E-state index contributed by atoms with van der Waals surface area (Å²) in [4.78, 5) is 12.1. The maximum absolute atomic E-state index is 12.1. The average molecular weight is 348 g/mol. The fourth-order valence-electron chi connectivity index (χ4n) is 2.23. The van der Waals surface area contributed by atoms with Gasteiger partial charge in [0.1, 0.15) is 0 Å². The number of halogens is 1. The highest BCUT2D eigenvalue weighted by molar-refractivity contribution is 6.31. The summed E-state index contributed by atoms with van der Waals surface area (Å²) < 4.78 is 11.0. The monoisotopic (exact) mass is 347 g/mol. The van der Waals surface area contributed by atoms with Gasteiger partial charge in [0.05, 0.1) is 20.1 Å². The van der Waals surface area contributed by atoms with E-state index in [0.29, 0.717) is 29.7 Å². The molecule has 5 heteroatoms. The third-order valence-electron chi connectivity index (χ3n) is 3.49. The van der Waals surface area contributed by atoms with Gasteiger partial charge in [-0.1, -0.05) is 42.8 Å². The van der Waals surface area contributed by atoms with E-state index in [-0.39, 0.29) is 12.3 Å². The number of carbonyl (C=O) groups excluding carboxylic acids is 1. The number of nitrogens with one attached hydrogen (secondary N) is 1. The first kappa shape index (κ1) is 18.1. The van der Waals surface area contributed by atoms with Crippen LogP contribution in [0.1, 0.15) is 24.5 Å². The molecule has 0 saturated heterocycles. The largest absolute Gasteiger partial charge is 0.493 e. The van der Waals surface area contributed by atoms with Crippen LogP contribution in [0.2, 0.25) is 5.02 Å². The van der Waals surface area contributed by atoms with Crippen molar-refractivity contribution >= 4 is 17.5 Å². The average Bonchev–Trinajstić information content (AvgIpc) is 2.60. The van der Waals surface area contributed by atoms with Gasteiger partial charge >= 0.3 is 0 Å². The van der Waals surface area contributed by atoms with Crippen LogP contribution in [0, 0.1) is 0 Å². The number of ether oxygens (including phenoxy) is 2. The molecule has 128 valence electrons. The molecule has 0 aliphatic heterocycles. The molecule has 2 aromatic carbocycles. The predicted octanol–water partition coefficient (Wildman–Crippen LogP) is 4.00. The molecule has 2 aromatic rings. The first-order valence-electron chi connectivity index (χ1n) is 7.93. The van der Waals surface area contributed by atoms with Crippen LogP contribution in [0.15, 0.2) is 42.5 Å². The second-order valence-electron chi connectivity index (χ2n) is 5.38. The highest BCUT2D eigenvalue weighted by Gasteiger charge is 2.09. The lowest BCUT2D eigenvalue weighted by Gasteiger charge is -2.12. The van der Waals surface area contributed by atoms with Crippen LogP contribution in [-0.2, 0) is 17.8 Å². The molecular formula is C19H22ClNO3. The van der Waals surface area contributed by atoms with E-state index in [4.69, 9.17) is 21.1 Å².